The van der Waals surface area contributed by atoms with Crippen molar-refractivity contribution in [3.05, 3.63) is 101 Å². The second-order valence-electron chi connectivity index (χ2n) is 8.02. The van der Waals surface area contributed by atoms with Gasteiger partial charge in [0.25, 0.3) is 5.91 Å². The maximum absolute atomic E-state index is 12.3. The van der Waals surface area contributed by atoms with Crippen molar-refractivity contribution in [1.82, 2.24) is 4.98 Å². The molecule has 0 saturated heterocycles. The number of rotatable bonds is 6. The van der Waals surface area contributed by atoms with Crippen LogP contribution in [0.2, 0.25) is 5.02 Å². The number of pyridine rings is 1. The fourth-order valence-electron chi connectivity index (χ4n) is 3.87. The lowest BCUT2D eigenvalue weighted by atomic mass is 10.0. The Kier molecular flexibility index (Phi) is 6.16. The molecule has 7 nitrogen and oxygen atoms in total. The number of fused-ring (bicyclic) bond motifs is 1. The van der Waals surface area contributed by atoms with Crippen LogP contribution >= 0.6 is 11.6 Å². The van der Waals surface area contributed by atoms with Gasteiger partial charge < -0.3 is 14.5 Å². The first kappa shape index (κ1) is 22.6. The van der Waals surface area contributed by atoms with E-state index < -0.39 is 0 Å². The number of furan rings is 1. The van der Waals surface area contributed by atoms with Gasteiger partial charge in [-0.05, 0) is 47.5 Å². The van der Waals surface area contributed by atoms with E-state index in [9.17, 15) is 9.59 Å². The van der Waals surface area contributed by atoms with E-state index in [-0.39, 0.29) is 24.1 Å². The number of nitrogens with zero attached hydrogens (tertiary/aromatic N) is 2. The van der Waals surface area contributed by atoms with E-state index in [1.807, 2.05) is 24.3 Å². The molecule has 174 valence electrons. The first-order valence-corrected chi connectivity index (χ1v) is 11.3. The Morgan fingerprint density at radius 3 is 2.66 bits per heavy atom. The number of nitrogens with one attached hydrogen (secondary N) is 1. The van der Waals surface area contributed by atoms with Crippen molar-refractivity contribution >= 4 is 40.7 Å². The SMILES string of the molecule is COC(=O)Cc1ccc(-c2cnc3c(c2)CC(c2cc(NC(=O)c4ccco4)ccc2Cl)=N3)cc1. The molecule has 0 bridgehead atoms. The fraction of sp³-hybridized carbons (Fsp3) is 0.111. The van der Waals surface area contributed by atoms with Crippen LogP contribution in [0.15, 0.2) is 82.5 Å². The van der Waals surface area contributed by atoms with Gasteiger partial charge in [0.2, 0.25) is 0 Å². The summed E-state index contributed by atoms with van der Waals surface area (Å²) in [6.45, 7) is 0. The van der Waals surface area contributed by atoms with E-state index in [0.29, 0.717) is 22.9 Å². The number of hydrogen-bond donors (Lipinski definition) is 1. The first-order valence-electron chi connectivity index (χ1n) is 10.9. The zero-order valence-corrected chi connectivity index (χ0v) is 19.5. The van der Waals surface area contributed by atoms with E-state index in [1.165, 1.54) is 13.4 Å². The molecule has 0 aliphatic carbocycles. The van der Waals surface area contributed by atoms with E-state index in [0.717, 1.165) is 33.5 Å². The van der Waals surface area contributed by atoms with Gasteiger partial charge in [-0.2, -0.15) is 0 Å². The molecule has 1 N–H and O–H groups in total. The lowest BCUT2D eigenvalue weighted by Crippen LogP contribution is -2.11. The quantitative estimate of drug-likeness (QED) is 0.357. The third-order valence-corrected chi connectivity index (χ3v) is 6.01. The number of aromatic nitrogens is 1. The van der Waals surface area contributed by atoms with Crippen LogP contribution in [-0.4, -0.2) is 29.7 Å². The van der Waals surface area contributed by atoms with Gasteiger partial charge in [0.1, 0.15) is 0 Å². The fourth-order valence-corrected chi connectivity index (χ4v) is 4.10. The number of carbonyl (C=O) groups excluding carboxylic acids is 2. The maximum atomic E-state index is 12.3. The van der Waals surface area contributed by atoms with Crippen LogP contribution in [-0.2, 0) is 22.4 Å². The molecule has 3 heterocycles. The van der Waals surface area contributed by atoms with Crippen molar-refractivity contribution in [2.24, 2.45) is 4.99 Å². The molecular formula is C27H20ClN3O4. The predicted molar refractivity (Wildman–Crippen MR) is 133 cm³/mol. The summed E-state index contributed by atoms with van der Waals surface area (Å²) in [6.07, 6.45) is 4.02. The molecule has 1 aliphatic rings. The molecule has 1 aliphatic heterocycles. The Labute approximate surface area is 206 Å². The van der Waals surface area contributed by atoms with Crippen molar-refractivity contribution in [3.63, 3.8) is 0 Å². The van der Waals surface area contributed by atoms with Crippen LogP contribution in [0.5, 0.6) is 0 Å². The summed E-state index contributed by atoms with van der Waals surface area (Å²) in [5, 5.41) is 3.35. The molecule has 0 radical (unpaired) electrons. The van der Waals surface area contributed by atoms with Crippen molar-refractivity contribution in [2.75, 3.05) is 12.4 Å². The third kappa shape index (κ3) is 4.85. The normalized spacial score (nSPS) is 12.1. The molecule has 0 spiro atoms. The van der Waals surface area contributed by atoms with Gasteiger partial charge in [-0.25, -0.2) is 9.98 Å². The van der Waals surface area contributed by atoms with Gasteiger partial charge in [0.15, 0.2) is 11.6 Å². The maximum Gasteiger partial charge on any atom is 0.309 e. The summed E-state index contributed by atoms with van der Waals surface area (Å²) in [5.41, 5.74) is 5.91. The monoisotopic (exact) mass is 485 g/mol. The van der Waals surface area contributed by atoms with Crippen LogP contribution < -0.4 is 5.32 Å². The summed E-state index contributed by atoms with van der Waals surface area (Å²) >= 11 is 6.48. The third-order valence-electron chi connectivity index (χ3n) is 5.69. The Morgan fingerprint density at radius 1 is 1.09 bits per heavy atom. The van der Waals surface area contributed by atoms with E-state index in [1.54, 1.807) is 36.5 Å². The number of hydrogen-bond acceptors (Lipinski definition) is 6. The molecule has 4 aromatic rings. The second-order valence-corrected chi connectivity index (χ2v) is 8.43. The van der Waals surface area contributed by atoms with Crippen molar-refractivity contribution in [3.8, 4) is 11.1 Å². The largest absolute Gasteiger partial charge is 0.469 e. The molecule has 0 unspecified atom stereocenters. The Morgan fingerprint density at radius 2 is 1.91 bits per heavy atom. The average Bonchev–Trinajstić information content (AvgIpc) is 3.55. The number of esters is 1. The summed E-state index contributed by atoms with van der Waals surface area (Å²) < 4.78 is 9.87. The molecular weight excluding hydrogens is 466 g/mol. The molecule has 5 rings (SSSR count). The van der Waals surface area contributed by atoms with Crippen LogP contribution in [0, 0.1) is 0 Å². The average molecular weight is 486 g/mol. The van der Waals surface area contributed by atoms with Gasteiger partial charge in [-0.1, -0.05) is 35.9 Å². The summed E-state index contributed by atoms with van der Waals surface area (Å²) in [6, 6.07) is 18.3. The van der Waals surface area contributed by atoms with Gasteiger partial charge >= 0.3 is 5.97 Å². The highest BCUT2D eigenvalue weighted by atomic mass is 35.5. The smallest absolute Gasteiger partial charge is 0.309 e. The van der Waals surface area contributed by atoms with Crippen LogP contribution in [0.25, 0.3) is 11.1 Å². The first-order chi connectivity index (χ1) is 17.0. The lowest BCUT2D eigenvalue weighted by molar-refractivity contribution is -0.139. The Balaban J connectivity index is 1.34. The lowest BCUT2D eigenvalue weighted by Gasteiger charge is -2.08. The number of ether oxygens (including phenoxy) is 1. The van der Waals surface area contributed by atoms with Crippen molar-refractivity contribution < 1.29 is 18.7 Å². The molecule has 8 heteroatoms. The minimum atomic E-state index is -0.344. The molecule has 0 atom stereocenters. The van der Waals surface area contributed by atoms with Crippen molar-refractivity contribution in [2.45, 2.75) is 12.8 Å². The number of benzene rings is 2. The number of anilines is 1. The number of aliphatic imine (C=N–C) groups is 1. The Bertz CT molecular complexity index is 1440. The van der Waals surface area contributed by atoms with Gasteiger partial charge in [-0.15, -0.1) is 0 Å². The topological polar surface area (TPSA) is 93.8 Å². The highest BCUT2D eigenvalue weighted by Gasteiger charge is 2.21. The van der Waals surface area contributed by atoms with E-state index >= 15 is 0 Å². The van der Waals surface area contributed by atoms with Crippen LogP contribution in [0.3, 0.4) is 0 Å². The molecule has 1 amide bonds. The molecule has 0 saturated carbocycles. The number of methoxy groups -OCH3 is 1. The zero-order valence-electron chi connectivity index (χ0n) is 18.7. The Hall–Kier alpha value is -4.23. The summed E-state index contributed by atoms with van der Waals surface area (Å²) in [5.74, 6) is 0.253. The van der Waals surface area contributed by atoms with Gasteiger partial charge in [0.05, 0.1) is 25.5 Å². The standard InChI is InChI=1S/C27H20ClN3O4/c1-34-25(32)11-16-4-6-17(7-5-16)19-12-18-13-23(31-26(18)29-15-19)21-14-20(8-9-22(21)28)30-27(33)24-3-2-10-35-24/h2-10,12,14-15H,11,13H2,1H3,(H,30,33). The molecule has 0 fully saturated rings. The number of amides is 1. The highest BCUT2D eigenvalue weighted by Crippen LogP contribution is 2.33. The highest BCUT2D eigenvalue weighted by molar-refractivity contribution is 6.34. The van der Waals surface area contributed by atoms with E-state index in [4.69, 9.17) is 20.8 Å². The second kappa shape index (κ2) is 9.56. The molecule has 35 heavy (non-hydrogen) atoms. The van der Waals surface area contributed by atoms with Gasteiger partial charge in [0, 0.05) is 40.0 Å². The van der Waals surface area contributed by atoms with E-state index in [2.05, 4.69) is 21.4 Å². The molecule has 2 aromatic heterocycles. The van der Waals surface area contributed by atoms with Crippen LogP contribution in [0.4, 0.5) is 11.5 Å². The number of halogens is 1. The minimum Gasteiger partial charge on any atom is -0.469 e. The summed E-state index contributed by atoms with van der Waals surface area (Å²) in [4.78, 5) is 33.0. The minimum absolute atomic E-state index is 0.224. The number of carbonyl (C=O) groups is 2. The predicted octanol–water partition coefficient (Wildman–Crippen LogP) is 5.64. The zero-order chi connectivity index (χ0) is 24.4. The van der Waals surface area contributed by atoms with Crippen molar-refractivity contribution in [1.29, 1.82) is 0 Å². The molecule has 2 aromatic carbocycles. The van der Waals surface area contributed by atoms with Crippen LogP contribution in [0.1, 0.15) is 27.2 Å². The van der Waals surface area contributed by atoms with Gasteiger partial charge in [-0.3, -0.25) is 9.59 Å². The summed E-state index contributed by atoms with van der Waals surface area (Å²) in [7, 11) is 1.38.